The fourth-order valence-corrected chi connectivity index (χ4v) is 6.92. The normalized spacial score (nSPS) is 10.6. The molecule has 6 rings (SSSR count). The first-order valence-electron chi connectivity index (χ1n) is 22.1. The van der Waals surface area contributed by atoms with Crippen molar-refractivity contribution < 1.29 is 37.9 Å². The van der Waals surface area contributed by atoms with Crippen molar-refractivity contribution in [3.63, 3.8) is 0 Å². The Balaban J connectivity index is 1.04. The number of unbranched alkanes of at least 4 members (excludes halogenated alkanes) is 3. The molecule has 20 nitrogen and oxygen atoms in total. The highest BCUT2D eigenvalue weighted by molar-refractivity contribution is 5.49. The monoisotopic (exact) mass is 934 g/mol. The average Bonchev–Trinajstić information content (AvgIpc) is 3.38. The van der Waals surface area contributed by atoms with Crippen LogP contribution in [0.2, 0.25) is 0 Å². The first-order valence-corrected chi connectivity index (χ1v) is 22.1. The maximum atomic E-state index is 5.49. The molecule has 0 fully saturated rings. The van der Waals surface area contributed by atoms with Crippen molar-refractivity contribution in [3.05, 3.63) is 95.1 Å². The number of aromatic nitrogens is 6. The van der Waals surface area contributed by atoms with Crippen LogP contribution in [0.15, 0.2) is 72.8 Å². The molecule has 4 aromatic carbocycles. The summed E-state index contributed by atoms with van der Waals surface area (Å²) in [6.07, 6.45) is 3.74. The maximum absolute atomic E-state index is 5.49. The van der Waals surface area contributed by atoms with E-state index >= 15 is 0 Å². The lowest BCUT2D eigenvalue weighted by Crippen LogP contribution is -2.14. The van der Waals surface area contributed by atoms with Gasteiger partial charge in [-0.25, -0.2) is 0 Å². The van der Waals surface area contributed by atoms with Crippen LogP contribution in [0.5, 0.6) is 46.0 Å². The fraction of sp³-hybridized carbons (Fsp3) is 0.375. The summed E-state index contributed by atoms with van der Waals surface area (Å²) in [7, 11) is 12.9. The lowest BCUT2D eigenvalue weighted by molar-refractivity contribution is 0.354. The summed E-state index contributed by atoms with van der Waals surface area (Å²) < 4.78 is 43.6. The van der Waals surface area contributed by atoms with Gasteiger partial charge in [-0.1, -0.05) is 37.1 Å². The van der Waals surface area contributed by atoms with Crippen LogP contribution in [0.4, 0.5) is 35.7 Å². The van der Waals surface area contributed by atoms with Crippen LogP contribution in [0, 0.1) is 0 Å². The quantitative estimate of drug-likeness (QED) is 0.0248. The Morgan fingerprint density at radius 2 is 0.500 bits per heavy atom. The smallest absolute Gasteiger partial charge is 0.229 e. The molecule has 0 saturated carbocycles. The average molecular weight is 935 g/mol. The van der Waals surface area contributed by atoms with Crippen molar-refractivity contribution in [1.82, 2.24) is 29.9 Å². The number of hydrogen-bond donors (Lipinski definition) is 6. The zero-order valence-electron chi connectivity index (χ0n) is 39.9. The first kappa shape index (κ1) is 49.5. The number of nitrogens with zero attached hydrogens (tertiary/aromatic N) is 6. The third-order valence-electron chi connectivity index (χ3n) is 10.5. The van der Waals surface area contributed by atoms with Crippen molar-refractivity contribution in [2.24, 2.45) is 0 Å². The summed E-state index contributed by atoms with van der Waals surface area (Å²) in [6, 6.07) is 23.0. The van der Waals surface area contributed by atoms with Crippen molar-refractivity contribution in [2.45, 2.75) is 51.9 Å². The van der Waals surface area contributed by atoms with Gasteiger partial charge in [0.2, 0.25) is 35.7 Å². The molecule has 2 aromatic heterocycles. The number of nitrogens with one attached hydrogen (secondary N) is 6. The van der Waals surface area contributed by atoms with E-state index in [4.69, 9.17) is 37.9 Å². The maximum Gasteiger partial charge on any atom is 0.229 e. The van der Waals surface area contributed by atoms with Crippen LogP contribution in [0.25, 0.3) is 0 Å². The van der Waals surface area contributed by atoms with Gasteiger partial charge in [0.15, 0.2) is 46.0 Å². The van der Waals surface area contributed by atoms with E-state index in [1.807, 2.05) is 72.8 Å². The molecule has 0 radical (unpaired) electrons. The van der Waals surface area contributed by atoms with E-state index in [0.29, 0.717) is 121 Å². The molecule has 0 amide bonds. The molecule has 6 N–H and O–H groups in total. The molecular weight excluding hydrogens is 873 g/mol. The first-order chi connectivity index (χ1) is 33.3. The highest BCUT2D eigenvalue weighted by Crippen LogP contribution is 2.31. The highest BCUT2D eigenvalue weighted by atomic mass is 16.5. The molecule has 0 spiro atoms. The third kappa shape index (κ3) is 14.3. The minimum Gasteiger partial charge on any atom is -0.493 e. The van der Waals surface area contributed by atoms with Crippen LogP contribution in [-0.2, 0) is 26.2 Å². The summed E-state index contributed by atoms with van der Waals surface area (Å²) in [4.78, 5) is 28.0. The molecule has 68 heavy (non-hydrogen) atoms. The zero-order chi connectivity index (χ0) is 48.1. The van der Waals surface area contributed by atoms with Gasteiger partial charge in [0.1, 0.15) is 0 Å². The molecular formula is C48H62N12O8. The molecule has 0 saturated heterocycles. The second-order valence-corrected chi connectivity index (χ2v) is 15.1. The van der Waals surface area contributed by atoms with E-state index in [9.17, 15) is 0 Å². The molecule has 0 bridgehead atoms. The topological polar surface area (TPSA) is 223 Å². The van der Waals surface area contributed by atoms with Crippen molar-refractivity contribution in [3.8, 4) is 46.0 Å². The van der Waals surface area contributed by atoms with Crippen molar-refractivity contribution >= 4 is 35.7 Å². The molecule has 0 atom stereocenters. The van der Waals surface area contributed by atoms with Crippen molar-refractivity contribution in [1.29, 1.82) is 0 Å². The van der Waals surface area contributed by atoms with Gasteiger partial charge in [0.05, 0.1) is 56.9 Å². The number of methoxy groups -OCH3 is 8. The van der Waals surface area contributed by atoms with Gasteiger partial charge in [-0.3, -0.25) is 0 Å². The molecule has 2 heterocycles. The number of rotatable bonds is 29. The summed E-state index contributed by atoms with van der Waals surface area (Å²) in [5, 5.41) is 20.1. The minimum atomic E-state index is 0.412. The van der Waals surface area contributed by atoms with E-state index in [-0.39, 0.29) is 0 Å². The summed E-state index contributed by atoms with van der Waals surface area (Å²) in [5.74, 6) is 7.71. The van der Waals surface area contributed by atoms with Gasteiger partial charge in [0.25, 0.3) is 0 Å². The predicted octanol–water partition coefficient (Wildman–Crippen LogP) is 7.66. The van der Waals surface area contributed by atoms with Crippen LogP contribution in [-0.4, -0.2) is 99.9 Å². The van der Waals surface area contributed by atoms with E-state index in [1.165, 1.54) is 0 Å². The molecule has 0 unspecified atom stereocenters. The Hall–Kier alpha value is -7.90. The minimum absolute atomic E-state index is 0.412. The van der Waals surface area contributed by atoms with Gasteiger partial charge >= 0.3 is 0 Å². The number of ether oxygens (including phenoxy) is 8. The van der Waals surface area contributed by atoms with E-state index < -0.39 is 0 Å². The van der Waals surface area contributed by atoms with Gasteiger partial charge in [-0.2, -0.15) is 29.9 Å². The summed E-state index contributed by atoms with van der Waals surface area (Å²) >= 11 is 0. The number of hydrogen-bond acceptors (Lipinski definition) is 20. The molecule has 0 aliphatic carbocycles. The van der Waals surface area contributed by atoms with Gasteiger partial charge in [-0.05, 0) is 83.6 Å². The van der Waals surface area contributed by atoms with Crippen LogP contribution >= 0.6 is 0 Å². The highest BCUT2D eigenvalue weighted by Gasteiger charge is 2.13. The molecule has 362 valence electrons. The van der Waals surface area contributed by atoms with Crippen LogP contribution in [0.1, 0.15) is 47.9 Å². The lowest BCUT2D eigenvalue weighted by Gasteiger charge is -2.14. The van der Waals surface area contributed by atoms with E-state index in [0.717, 1.165) is 47.9 Å². The number of anilines is 6. The van der Waals surface area contributed by atoms with Crippen molar-refractivity contribution in [2.75, 3.05) is 102 Å². The van der Waals surface area contributed by atoms with Gasteiger partial charge in [0, 0.05) is 39.3 Å². The van der Waals surface area contributed by atoms with E-state index in [2.05, 4.69) is 61.8 Å². The van der Waals surface area contributed by atoms with Crippen LogP contribution in [0.3, 0.4) is 0 Å². The van der Waals surface area contributed by atoms with E-state index in [1.54, 1.807) is 56.9 Å². The van der Waals surface area contributed by atoms with Gasteiger partial charge in [-0.15, -0.1) is 0 Å². The molecule has 0 aliphatic heterocycles. The Morgan fingerprint density at radius 1 is 0.279 bits per heavy atom. The SMILES string of the molecule is COc1ccc(CNc2nc(NCCCCCCNc3nc(NCc4ccc(OC)c(OC)c4)nc(NCc4ccc(OC)c(OC)c4)n3)nc(NCc3ccc(OC)c(OC)c3)n2)cc1OC. The fourth-order valence-electron chi connectivity index (χ4n) is 6.92. The van der Waals surface area contributed by atoms with Crippen LogP contribution < -0.4 is 69.8 Å². The standard InChI is InChI=1S/C48H62N12O8/c1-61-35-17-13-31(23-39(35)65-5)27-51-45-55-43(56-46(59-45)52-28-32-14-18-36(62-2)40(24-32)66-6)49-21-11-9-10-12-22-50-44-57-47(53-29-33-15-19-37(63-3)41(25-33)67-7)60-48(58-44)54-30-34-16-20-38(64-4)42(26-34)68-8/h13-20,23-26H,9-12,21-22,27-30H2,1-8H3,(H3,49,51,52,55,56,59)(H3,50,53,54,57,58,60). The second kappa shape index (κ2) is 25.7. The zero-order valence-corrected chi connectivity index (χ0v) is 39.9. The second-order valence-electron chi connectivity index (χ2n) is 15.1. The Morgan fingerprint density at radius 3 is 0.721 bits per heavy atom. The third-order valence-corrected chi connectivity index (χ3v) is 10.5. The molecule has 6 aromatic rings. The number of benzene rings is 4. The van der Waals surface area contributed by atoms with Gasteiger partial charge < -0.3 is 69.8 Å². The predicted molar refractivity (Wildman–Crippen MR) is 263 cm³/mol. The lowest BCUT2D eigenvalue weighted by atomic mass is 10.2. The molecule has 0 aliphatic rings. The Labute approximate surface area is 397 Å². The molecule has 20 heteroatoms. The largest absolute Gasteiger partial charge is 0.493 e. The Bertz CT molecular complexity index is 2210. The summed E-state index contributed by atoms with van der Waals surface area (Å²) in [5.41, 5.74) is 3.87. The summed E-state index contributed by atoms with van der Waals surface area (Å²) in [6.45, 7) is 3.13. The Kier molecular flexibility index (Phi) is 18.7.